The van der Waals surface area contributed by atoms with Gasteiger partial charge in [0.2, 0.25) is 0 Å². The summed E-state index contributed by atoms with van der Waals surface area (Å²) >= 11 is 6.19. The normalized spacial score (nSPS) is 14.2. The van der Waals surface area contributed by atoms with Crippen molar-refractivity contribution in [2.45, 2.75) is 25.9 Å². The van der Waals surface area contributed by atoms with Crippen molar-refractivity contribution in [1.82, 2.24) is 4.90 Å². The van der Waals surface area contributed by atoms with Crippen molar-refractivity contribution in [3.63, 3.8) is 0 Å². The molecule has 32 heavy (non-hydrogen) atoms. The third kappa shape index (κ3) is 5.43. The largest absolute Gasteiger partial charge is 0.496 e. The lowest BCUT2D eigenvalue weighted by Crippen LogP contribution is -2.39. The van der Waals surface area contributed by atoms with E-state index in [2.05, 4.69) is 24.3 Å². The number of methoxy groups -OCH3 is 1. The molecule has 0 saturated carbocycles. The number of piperidine rings is 1. The van der Waals surface area contributed by atoms with Gasteiger partial charge >= 0.3 is 0 Å². The molecule has 3 aromatic carbocycles. The van der Waals surface area contributed by atoms with Crippen LogP contribution in [-0.2, 0) is 13.0 Å². The maximum Gasteiger partial charge on any atom is 0.253 e. The SMILES string of the molecule is COc1ccc(C(=O)N2CCC(Cc3ccccc3)CC2)cc1COc1ccccc1Cl. The van der Waals surface area contributed by atoms with E-state index in [0.717, 1.165) is 37.9 Å². The highest BCUT2D eigenvalue weighted by molar-refractivity contribution is 6.32. The first-order valence-electron chi connectivity index (χ1n) is 11.0. The van der Waals surface area contributed by atoms with Crippen molar-refractivity contribution in [3.05, 3.63) is 94.5 Å². The zero-order chi connectivity index (χ0) is 22.3. The standard InChI is InChI=1S/C27H28ClNO3/c1-31-25-12-11-22(18-23(25)19-32-26-10-6-5-9-24(26)28)27(30)29-15-13-21(14-16-29)17-20-7-3-2-4-8-20/h2-12,18,21H,13-17,19H2,1H3. The molecule has 1 saturated heterocycles. The number of nitrogens with zero attached hydrogens (tertiary/aromatic N) is 1. The Morgan fingerprint density at radius 2 is 1.69 bits per heavy atom. The first kappa shape index (κ1) is 22.2. The predicted octanol–water partition coefficient (Wildman–Crippen LogP) is 6.02. The topological polar surface area (TPSA) is 38.8 Å². The second-order valence-corrected chi connectivity index (χ2v) is 8.58. The molecule has 1 fully saturated rings. The lowest BCUT2D eigenvalue weighted by molar-refractivity contribution is 0.0690. The van der Waals surface area contributed by atoms with Gasteiger partial charge in [-0.3, -0.25) is 4.79 Å². The van der Waals surface area contributed by atoms with Gasteiger partial charge in [-0.2, -0.15) is 0 Å². The van der Waals surface area contributed by atoms with E-state index in [1.807, 2.05) is 47.4 Å². The van der Waals surface area contributed by atoms with E-state index < -0.39 is 0 Å². The smallest absolute Gasteiger partial charge is 0.253 e. The van der Waals surface area contributed by atoms with Crippen LogP contribution in [0, 0.1) is 5.92 Å². The molecule has 1 amide bonds. The number of ether oxygens (including phenoxy) is 2. The van der Waals surface area contributed by atoms with Gasteiger partial charge in [0.25, 0.3) is 5.91 Å². The number of likely N-dealkylation sites (tertiary alicyclic amines) is 1. The van der Waals surface area contributed by atoms with Crippen molar-refractivity contribution in [2.24, 2.45) is 5.92 Å². The Balaban J connectivity index is 1.39. The van der Waals surface area contributed by atoms with Crippen LogP contribution in [0.25, 0.3) is 0 Å². The van der Waals surface area contributed by atoms with Crippen molar-refractivity contribution >= 4 is 17.5 Å². The second kappa shape index (κ2) is 10.6. The number of hydrogen-bond acceptors (Lipinski definition) is 3. The average Bonchev–Trinajstić information content (AvgIpc) is 2.84. The van der Waals surface area contributed by atoms with Gasteiger partial charge in [0.05, 0.1) is 12.1 Å². The summed E-state index contributed by atoms with van der Waals surface area (Å²) in [5.41, 5.74) is 2.85. The van der Waals surface area contributed by atoms with Crippen LogP contribution in [0.15, 0.2) is 72.8 Å². The minimum Gasteiger partial charge on any atom is -0.496 e. The predicted molar refractivity (Wildman–Crippen MR) is 128 cm³/mol. The molecule has 1 aliphatic heterocycles. The van der Waals surface area contributed by atoms with Gasteiger partial charge < -0.3 is 14.4 Å². The Morgan fingerprint density at radius 1 is 0.969 bits per heavy atom. The van der Waals surface area contributed by atoms with Crippen LogP contribution in [0.2, 0.25) is 5.02 Å². The fourth-order valence-electron chi connectivity index (χ4n) is 4.21. The van der Waals surface area contributed by atoms with Crippen LogP contribution in [0.3, 0.4) is 0 Å². The third-order valence-electron chi connectivity index (χ3n) is 6.02. The number of rotatable bonds is 7. The van der Waals surface area contributed by atoms with Gasteiger partial charge in [0.15, 0.2) is 0 Å². The molecule has 4 rings (SSSR count). The molecule has 3 aromatic rings. The van der Waals surface area contributed by atoms with E-state index in [0.29, 0.717) is 28.0 Å². The Labute approximate surface area is 194 Å². The van der Waals surface area contributed by atoms with E-state index >= 15 is 0 Å². The summed E-state index contributed by atoms with van der Waals surface area (Å²) < 4.78 is 11.4. The fraction of sp³-hybridized carbons (Fsp3) is 0.296. The molecule has 166 valence electrons. The lowest BCUT2D eigenvalue weighted by atomic mass is 9.90. The Kier molecular flexibility index (Phi) is 7.33. The summed E-state index contributed by atoms with van der Waals surface area (Å²) in [4.78, 5) is 15.1. The number of benzene rings is 3. The number of para-hydroxylation sites is 1. The molecule has 0 spiro atoms. The summed E-state index contributed by atoms with van der Waals surface area (Å²) in [6.07, 6.45) is 3.13. The van der Waals surface area contributed by atoms with Gasteiger partial charge in [-0.25, -0.2) is 0 Å². The quantitative estimate of drug-likeness (QED) is 0.442. The van der Waals surface area contributed by atoms with E-state index in [4.69, 9.17) is 21.1 Å². The Bertz CT molecular complexity index is 1050. The molecule has 0 radical (unpaired) electrons. The summed E-state index contributed by atoms with van der Waals surface area (Å²) in [6.45, 7) is 1.84. The Morgan fingerprint density at radius 3 is 2.41 bits per heavy atom. The van der Waals surface area contributed by atoms with Crippen molar-refractivity contribution in [3.8, 4) is 11.5 Å². The van der Waals surface area contributed by atoms with Gasteiger partial charge in [0.1, 0.15) is 18.1 Å². The van der Waals surface area contributed by atoms with Crippen LogP contribution < -0.4 is 9.47 Å². The molecular formula is C27H28ClNO3. The Hall–Kier alpha value is -2.98. The summed E-state index contributed by atoms with van der Waals surface area (Å²) in [6, 6.07) is 23.5. The molecule has 0 N–H and O–H groups in total. The summed E-state index contributed by atoms with van der Waals surface area (Å²) in [5, 5.41) is 0.553. The minimum atomic E-state index is 0.0600. The molecule has 0 bridgehead atoms. The number of halogens is 1. The van der Waals surface area contributed by atoms with E-state index in [1.165, 1.54) is 5.56 Å². The van der Waals surface area contributed by atoms with Crippen LogP contribution in [0.1, 0.15) is 34.3 Å². The number of carbonyl (C=O) groups is 1. The maximum absolute atomic E-state index is 13.2. The number of hydrogen-bond donors (Lipinski definition) is 0. The number of amides is 1. The fourth-order valence-corrected chi connectivity index (χ4v) is 4.40. The highest BCUT2D eigenvalue weighted by Gasteiger charge is 2.24. The molecule has 0 aromatic heterocycles. The summed E-state index contributed by atoms with van der Waals surface area (Å²) in [5.74, 6) is 1.98. The van der Waals surface area contributed by atoms with Crippen molar-refractivity contribution < 1.29 is 14.3 Å². The molecule has 0 atom stereocenters. The van der Waals surface area contributed by atoms with Gasteiger partial charge in [-0.15, -0.1) is 0 Å². The van der Waals surface area contributed by atoms with Crippen LogP contribution in [0.5, 0.6) is 11.5 Å². The highest BCUT2D eigenvalue weighted by atomic mass is 35.5. The van der Waals surface area contributed by atoms with Crippen LogP contribution in [0.4, 0.5) is 0 Å². The molecule has 1 aliphatic rings. The third-order valence-corrected chi connectivity index (χ3v) is 6.33. The maximum atomic E-state index is 13.2. The van der Waals surface area contributed by atoms with Crippen LogP contribution in [-0.4, -0.2) is 31.0 Å². The number of carbonyl (C=O) groups excluding carboxylic acids is 1. The first-order valence-corrected chi connectivity index (χ1v) is 11.4. The molecule has 0 unspecified atom stereocenters. The van der Waals surface area contributed by atoms with Crippen molar-refractivity contribution in [2.75, 3.05) is 20.2 Å². The monoisotopic (exact) mass is 449 g/mol. The van der Waals surface area contributed by atoms with Gasteiger partial charge in [-0.1, -0.05) is 54.1 Å². The van der Waals surface area contributed by atoms with E-state index in [1.54, 1.807) is 13.2 Å². The molecule has 0 aliphatic carbocycles. The minimum absolute atomic E-state index is 0.0600. The average molecular weight is 450 g/mol. The van der Waals surface area contributed by atoms with E-state index in [-0.39, 0.29) is 12.5 Å². The lowest BCUT2D eigenvalue weighted by Gasteiger charge is -2.32. The second-order valence-electron chi connectivity index (χ2n) is 8.17. The van der Waals surface area contributed by atoms with Gasteiger partial charge in [-0.05, 0) is 61.1 Å². The zero-order valence-electron chi connectivity index (χ0n) is 18.3. The molecular weight excluding hydrogens is 422 g/mol. The molecule has 1 heterocycles. The summed E-state index contributed by atoms with van der Waals surface area (Å²) in [7, 11) is 1.62. The molecule has 4 nitrogen and oxygen atoms in total. The zero-order valence-corrected chi connectivity index (χ0v) is 19.1. The van der Waals surface area contributed by atoms with Crippen molar-refractivity contribution in [1.29, 1.82) is 0 Å². The highest BCUT2D eigenvalue weighted by Crippen LogP contribution is 2.28. The first-order chi connectivity index (χ1) is 15.6. The molecule has 5 heteroatoms. The van der Waals surface area contributed by atoms with Crippen LogP contribution >= 0.6 is 11.6 Å². The van der Waals surface area contributed by atoms with Gasteiger partial charge in [0, 0.05) is 24.2 Å². The van der Waals surface area contributed by atoms with E-state index in [9.17, 15) is 4.79 Å².